The van der Waals surface area contributed by atoms with Crippen molar-refractivity contribution in [2.45, 2.75) is 33.7 Å². The summed E-state index contributed by atoms with van der Waals surface area (Å²) >= 11 is 0. The van der Waals surface area contributed by atoms with Gasteiger partial charge in [-0.3, -0.25) is 9.59 Å². The van der Waals surface area contributed by atoms with Crippen molar-refractivity contribution in [3.63, 3.8) is 0 Å². The molecule has 0 radical (unpaired) electrons. The van der Waals surface area contributed by atoms with E-state index >= 15 is 0 Å². The Labute approximate surface area is 125 Å². The smallest absolute Gasteiger partial charge is 0.241 e. The highest BCUT2D eigenvalue weighted by molar-refractivity contribution is 5.97. The SMILES string of the molecule is Cc1ccc(NC(=O)C(C)C)cc1NC(=O)[C@H](C)N.Cl. The molecular weight excluding hydrogens is 278 g/mol. The molecule has 6 heteroatoms. The molecule has 0 heterocycles. The predicted molar refractivity (Wildman–Crippen MR) is 84.2 cm³/mol. The highest BCUT2D eigenvalue weighted by Gasteiger charge is 2.11. The molecule has 4 N–H and O–H groups in total. The maximum absolute atomic E-state index is 11.6. The Balaban J connectivity index is 0.00000361. The monoisotopic (exact) mass is 299 g/mol. The summed E-state index contributed by atoms with van der Waals surface area (Å²) in [6.45, 7) is 7.14. The lowest BCUT2D eigenvalue weighted by atomic mass is 10.1. The Morgan fingerprint density at radius 2 is 1.70 bits per heavy atom. The van der Waals surface area contributed by atoms with Crippen molar-refractivity contribution in [2.24, 2.45) is 11.7 Å². The van der Waals surface area contributed by atoms with Crippen molar-refractivity contribution < 1.29 is 9.59 Å². The van der Waals surface area contributed by atoms with Gasteiger partial charge >= 0.3 is 0 Å². The maximum atomic E-state index is 11.6. The number of benzene rings is 1. The second kappa shape index (κ2) is 7.87. The fraction of sp³-hybridized carbons (Fsp3) is 0.429. The van der Waals surface area contributed by atoms with Gasteiger partial charge in [0, 0.05) is 17.3 Å². The average Bonchev–Trinajstić information content (AvgIpc) is 2.32. The Bertz CT molecular complexity index is 487. The van der Waals surface area contributed by atoms with E-state index in [0.717, 1.165) is 5.56 Å². The van der Waals surface area contributed by atoms with Crippen molar-refractivity contribution in [3.8, 4) is 0 Å². The van der Waals surface area contributed by atoms with Gasteiger partial charge in [0.25, 0.3) is 0 Å². The van der Waals surface area contributed by atoms with Gasteiger partial charge in [-0.2, -0.15) is 0 Å². The second-order valence-corrected chi connectivity index (χ2v) is 4.95. The van der Waals surface area contributed by atoms with E-state index in [1.807, 2.05) is 26.8 Å². The lowest BCUT2D eigenvalue weighted by Crippen LogP contribution is -2.32. The van der Waals surface area contributed by atoms with E-state index in [1.165, 1.54) is 0 Å². The van der Waals surface area contributed by atoms with Crippen molar-refractivity contribution in [1.29, 1.82) is 0 Å². The van der Waals surface area contributed by atoms with Crippen LogP contribution in [0.1, 0.15) is 26.3 Å². The number of halogens is 1. The normalized spacial score (nSPS) is 11.5. The van der Waals surface area contributed by atoms with Crippen LogP contribution in [-0.4, -0.2) is 17.9 Å². The minimum absolute atomic E-state index is 0. The summed E-state index contributed by atoms with van der Waals surface area (Å²) in [5, 5.41) is 5.53. The Morgan fingerprint density at radius 1 is 1.10 bits per heavy atom. The molecule has 0 aliphatic rings. The molecule has 5 nitrogen and oxygen atoms in total. The van der Waals surface area contributed by atoms with E-state index < -0.39 is 6.04 Å². The third-order valence-corrected chi connectivity index (χ3v) is 2.70. The van der Waals surface area contributed by atoms with Crippen molar-refractivity contribution in [2.75, 3.05) is 10.6 Å². The summed E-state index contributed by atoms with van der Waals surface area (Å²) in [6.07, 6.45) is 0. The van der Waals surface area contributed by atoms with E-state index in [2.05, 4.69) is 10.6 Å². The van der Waals surface area contributed by atoms with Crippen LogP contribution >= 0.6 is 12.4 Å². The summed E-state index contributed by atoms with van der Waals surface area (Å²) in [5.74, 6) is -0.410. The standard InChI is InChI=1S/C14H21N3O2.ClH/c1-8(2)13(18)16-11-6-5-9(3)12(7-11)17-14(19)10(4)15;/h5-8,10H,15H2,1-4H3,(H,16,18)(H,17,19);1H/t10-;/m0./s1. The van der Waals surface area contributed by atoms with Crippen molar-refractivity contribution in [1.82, 2.24) is 0 Å². The third-order valence-electron chi connectivity index (χ3n) is 2.70. The van der Waals surface area contributed by atoms with Gasteiger partial charge in [-0.1, -0.05) is 19.9 Å². The number of hydrogen-bond donors (Lipinski definition) is 3. The number of carbonyl (C=O) groups excluding carboxylic acids is 2. The maximum Gasteiger partial charge on any atom is 0.241 e. The number of carbonyl (C=O) groups is 2. The summed E-state index contributed by atoms with van der Waals surface area (Å²) in [5.41, 5.74) is 7.74. The fourth-order valence-corrected chi connectivity index (χ4v) is 1.37. The number of anilines is 2. The van der Waals surface area contributed by atoms with E-state index in [0.29, 0.717) is 11.4 Å². The van der Waals surface area contributed by atoms with Crippen LogP contribution in [0.25, 0.3) is 0 Å². The van der Waals surface area contributed by atoms with Gasteiger partial charge < -0.3 is 16.4 Å². The van der Waals surface area contributed by atoms with Gasteiger partial charge in [-0.05, 0) is 31.5 Å². The second-order valence-electron chi connectivity index (χ2n) is 4.95. The highest BCUT2D eigenvalue weighted by Crippen LogP contribution is 2.21. The first-order valence-corrected chi connectivity index (χ1v) is 6.29. The molecule has 0 fully saturated rings. The molecule has 0 unspecified atom stereocenters. The summed E-state index contributed by atoms with van der Waals surface area (Å²) < 4.78 is 0. The number of nitrogens with one attached hydrogen (secondary N) is 2. The number of amides is 2. The first kappa shape index (κ1) is 18.4. The van der Waals surface area contributed by atoms with Gasteiger partial charge in [0.2, 0.25) is 11.8 Å². The Kier molecular flexibility index (Phi) is 7.24. The predicted octanol–water partition coefficient (Wildman–Crippen LogP) is 2.30. The van der Waals surface area contributed by atoms with Crippen LogP contribution in [0.2, 0.25) is 0 Å². The van der Waals surface area contributed by atoms with Crippen molar-refractivity contribution in [3.05, 3.63) is 23.8 Å². The molecule has 1 rings (SSSR count). The molecule has 0 aromatic heterocycles. The molecule has 0 saturated heterocycles. The number of aryl methyl sites for hydroxylation is 1. The summed E-state index contributed by atoms with van der Waals surface area (Å²) in [7, 11) is 0. The van der Waals surface area contributed by atoms with Gasteiger partial charge in [-0.25, -0.2) is 0 Å². The average molecular weight is 300 g/mol. The zero-order valence-electron chi connectivity index (χ0n) is 12.2. The minimum Gasteiger partial charge on any atom is -0.326 e. The first-order valence-electron chi connectivity index (χ1n) is 6.29. The lowest BCUT2D eigenvalue weighted by Gasteiger charge is -2.13. The van der Waals surface area contributed by atoms with Crippen LogP contribution in [0.15, 0.2) is 18.2 Å². The quantitative estimate of drug-likeness (QED) is 0.797. The van der Waals surface area contributed by atoms with Gasteiger partial charge in [0.15, 0.2) is 0 Å². The van der Waals surface area contributed by atoms with E-state index in [-0.39, 0.29) is 30.1 Å². The highest BCUT2D eigenvalue weighted by atomic mass is 35.5. The van der Waals surface area contributed by atoms with E-state index in [9.17, 15) is 9.59 Å². The van der Waals surface area contributed by atoms with Gasteiger partial charge in [-0.15, -0.1) is 12.4 Å². The van der Waals surface area contributed by atoms with Crippen molar-refractivity contribution >= 4 is 35.6 Å². The molecule has 1 aromatic carbocycles. The first-order chi connectivity index (χ1) is 8.81. The molecule has 2 amide bonds. The van der Waals surface area contributed by atoms with E-state index in [1.54, 1.807) is 19.1 Å². The molecule has 0 aliphatic heterocycles. The van der Waals surface area contributed by atoms with Crippen LogP contribution in [0.4, 0.5) is 11.4 Å². The zero-order valence-corrected chi connectivity index (χ0v) is 13.0. The van der Waals surface area contributed by atoms with Crippen LogP contribution in [0.5, 0.6) is 0 Å². The molecule has 0 bridgehead atoms. The summed E-state index contributed by atoms with van der Waals surface area (Å²) in [6, 6.07) is 4.80. The van der Waals surface area contributed by atoms with Gasteiger partial charge in [0.05, 0.1) is 6.04 Å². The number of nitrogens with two attached hydrogens (primary N) is 1. The lowest BCUT2D eigenvalue weighted by molar-refractivity contribution is -0.119. The molecule has 20 heavy (non-hydrogen) atoms. The van der Waals surface area contributed by atoms with Crippen LogP contribution in [-0.2, 0) is 9.59 Å². The molecule has 0 spiro atoms. The fourth-order valence-electron chi connectivity index (χ4n) is 1.37. The molecule has 0 aliphatic carbocycles. The van der Waals surface area contributed by atoms with Crippen LogP contribution < -0.4 is 16.4 Å². The molecule has 112 valence electrons. The Morgan fingerprint density at radius 3 is 2.20 bits per heavy atom. The minimum atomic E-state index is -0.576. The van der Waals surface area contributed by atoms with Crippen LogP contribution in [0.3, 0.4) is 0 Å². The van der Waals surface area contributed by atoms with Gasteiger partial charge in [0.1, 0.15) is 0 Å². The summed E-state index contributed by atoms with van der Waals surface area (Å²) in [4.78, 5) is 23.2. The molecule has 0 saturated carbocycles. The Hall–Kier alpha value is -1.59. The molecule has 1 aromatic rings. The molecular formula is C14H22ClN3O2. The number of rotatable bonds is 4. The third kappa shape index (κ3) is 5.19. The largest absolute Gasteiger partial charge is 0.326 e. The zero-order chi connectivity index (χ0) is 14.6. The molecule has 1 atom stereocenters. The topological polar surface area (TPSA) is 84.2 Å². The van der Waals surface area contributed by atoms with Crippen LogP contribution in [0, 0.1) is 12.8 Å². The van der Waals surface area contributed by atoms with E-state index in [4.69, 9.17) is 5.73 Å². The number of hydrogen-bond acceptors (Lipinski definition) is 3.